The summed E-state index contributed by atoms with van der Waals surface area (Å²) >= 11 is 0. The zero-order chi connectivity index (χ0) is 18.2. The summed E-state index contributed by atoms with van der Waals surface area (Å²) in [5.74, 6) is 0.0944. The minimum atomic E-state index is -0.0465. The van der Waals surface area contributed by atoms with Crippen LogP contribution in [0.2, 0.25) is 0 Å². The van der Waals surface area contributed by atoms with Gasteiger partial charge in [-0.1, -0.05) is 24.3 Å². The molecule has 1 saturated heterocycles. The van der Waals surface area contributed by atoms with Crippen molar-refractivity contribution in [2.75, 3.05) is 39.8 Å². The van der Waals surface area contributed by atoms with Gasteiger partial charge in [-0.05, 0) is 37.4 Å². The Labute approximate surface area is 150 Å². The van der Waals surface area contributed by atoms with Crippen molar-refractivity contribution in [2.45, 2.75) is 26.3 Å². The first-order valence-electron chi connectivity index (χ1n) is 9.00. The van der Waals surface area contributed by atoms with Gasteiger partial charge in [0.25, 0.3) is 0 Å². The summed E-state index contributed by atoms with van der Waals surface area (Å²) in [7, 11) is 1.84. The summed E-state index contributed by atoms with van der Waals surface area (Å²) < 4.78 is 0. The maximum atomic E-state index is 12.5. The molecule has 1 fully saturated rings. The maximum Gasteiger partial charge on any atom is 0.236 e. The van der Waals surface area contributed by atoms with Crippen LogP contribution in [-0.4, -0.2) is 61.4 Å². The molecule has 1 heterocycles. The van der Waals surface area contributed by atoms with Crippen LogP contribution in [0.25, 0.3) is 0 Å². The first kappa shape index (κ1) is 19.4. The molecule has 25 heavy (non-hydrogen) atoms. The van der Waals surface area contributed by atoms with Crippen LogP contribution < -0.4 is 11.1 Å². The lowest BCUT2D eigenvalue weighted by atomic mass is 9.97. The van der Waals surface area contributed by atoms with Crippen molar-refractivity contribution in [3.63, 3.8) is 0 Å². The van der Waals surface area contributed by atoms with Crippen LogP contribution in [0.1, 0.15) is 24.0 Å². The van der Waals surface area contributed by atoms with Gasteiger partial charge in [0, 0.05) is 33.2 Å². The lowest BCUT2D eigenvalue weighted by molar-refractivity contribution is -0.134. The Morgan fingerprint density at radius 2 is 2.12 bits per heavy atom. The Hall–Kier alpha value is -1.92. The molecule has 1 aromatic carbocycles. The second-order valence-corrected chi connectivity index (χ2v) is 6.83. The fraction of sp³-hybridized carbons (Fsp3) is 0.579. The monoisotopic (exact) mass is 346 g/mol. The van der Waals surface area contributed by atoms with Crippen molar-refractivity contribution in [2.24, 2.45) is 11.7 Å². The van der Waals surface area contributed by atoms with Gasteiger partial charge in [-0.15, -0.1) is 0 Å². The molecular weight excluding hydrogens is 316 g/mol. The molecule has 0 bridgehead atoms. The number of carbonyl (C=O) groups is 2. The molecule has 0 radical (unpaired) electrons. The van der Waals surface area contributed by atoms with E-state index in [0.717, 1.165) is 24.9 Å². The number of likely N-dealkylation sites (N-methyl/N-ethyl adjacent to an activating group) is 1. The standard InChI is InChI=1S/C19H30N4O2/c1-15-6-3-4-7-16(15)12-22(2)18(24)14-23-11-5-8-17(13-23)19(25)21-10-9-20/h3-4,6-7,17H,5,8-14,20H2,1-2H3,(H,21,25). The average Bonchev–Trinajstić information content (AvgIpc) is 2.61. The number of aryl methyl sites for hydroxylation is 1. The van der Waals surface area contributed by atoms with Crippen molar-refractivity contribution in [1.82, 2.24) is 15.1 Å². The Morgan fingerprint density at radius 1 is 1.36 bits per heavy atom. The lowest BCUT2D eigenvalue weighted by Crippen LogP contribution is -2.47. The zero-order valence-electron chi connectivity index (χ0n) is 15.3. The van der Waals surface area contributed by atoms with Gasteiger partial charge in [0.15, 0.2) is 0 Å². The Bertz CT molecular complexity index is 591. The van der Waals surface area contributed by atoms with Gasteiger partial charge < -0.3 is 16.0 Å². The third-order valence-electron chi connectivity index (χ3n) is 4.77. The van der Waals surface area contributed by atoms with Crippen LogP contribution in [0, 0.1) is 12.8 Å². The van der Waals surface area contributed by atoms with Gasteiger partial charge in [-0.3, -0.25) is 14.5 Å². The first-order valence-corrected chi connectivity index (χ1v) is 9.00. The topological polar surface area (TPSA) is 78.7 Å². The summed E-state index contributed by atoms with van der Waals surface area (Å²) in [6, 6.07) is 8.11. The molecule has 1 aliphatic heterocycles. The van der Waals surface area contributed by atoms with E-state index >= 15 is 0 Å². The number of rotatable bonds is 7. The smallest absolute Gasteiger partial charge is 0.236 e. The average molecular weight is 346 g/mol. The molecule has 6 heteroatoms. The molecule has 2 rings (SSSR count). The molecule has 1 aromatic rings. The van der Waals surface area contributed by atoms with Crippen LogP contribution in [-0.2, 0) is 16.1 Å². The van der Waals surface area contributed by atoms with Gasteiger partial charge in [0.1, 0.15) is 0 Å². The zero-order valence-corrected chi connectivity index (χ0v) is 15.3. The van der Waals surface area contributed by atoms with Gasteiger partial charge in [0.05, 0.1) is 12.5 Å². The Kier molecular flexibility index (Phi) is 7.40. The normalized spacial score (nSPS) is 18.0. The van der Waals surface area contributed by atoms with E-state index in [0.29, 0.717) is 32.7 Å². The number of nitrogens with zero attached hydrogens (tertiary/aromatic N) is 2. The second-order valence-electron chi connectivity index (χ2n) is 6.83. The van der Waals surface area contributed by atoms with E-state index in [1.165, 1.54) is 5.56 Å². The molecule has 1 atom stereocenters. The second kappa shape index (κ2) is 9.53. The summed E-state index contributed by atoms with van der Waals surface area (Å²) in [6.45, 7) is 5.49. The van der Waals surface area contributed by atoms with Crippen molar-refractivity contribution in [3.05, 3.63) is 35.4 Å². The van der Waals surface area contributed by atoms with Crippen molar-refractivity contribution in [3.8, 4) is 0 Å². The highest BCUT2D eigenvalue weighted by atomic mass is 16.2. The molecule has 3 N–H and O–H groups in total. The van der Waals surface area contributed by atoms with Crippen molar-refractivity contribution >= 4 is 11.8 Å². The highest BCUT2D eigenvalue weighted by Gasteiger charge is 2.27. The maximum absolute atomic E-state index is 12.5. The number of piperidine rings is 1. The molecule has 0 spiro atoms. The summed E-state index contributed by atoms with van der Waals surface area (Å²) in [4.78, 5) is 28.5. The third-order valence-corrected chi connectivity index (χ3v) is 4.77. The Morgan fingerprint density at radius 3 is 2.84 bits per heavy atom. The summed E-state index contributed by atoms with van der Waals surface area (Å²) in [6.07, 6.45) is 1.82. The van der Waals surface area contributed by atoms with Crippen LogP contribution in [0.3, 0.4) is 0 Å². The predicted octanol–water partition coefficient (Wildman–Crippen LogP) is 0.740. The number of nitrogens with one attached hydrogen (secondary N) is 1. The molecule has 6 nitrogen and oxygen atoms in total. The SMILES string of the molecule is Cc1ccccc1CN(C)C(=O)CN1CCCC(C(=O)NCCN)C1. The van der Waals surface area contributed by atoms with E-state index in [9.17, 15) is 9.59 Å². The van der Waals surface area contributed by atoms with Gasteiger partial charge in [-0.25, -0.2) is 0 Å². The fourth-order valence-electron chi connectivity index (χ4n) is 3.20. The van der Waals surface area contributed by atoms with Crippen LogP contribution in [0.5, 0.6) is 0 Å². The van der Waals surface area contributed by atoms with Gasteiger partial charge in [0.2, 0.25) is 11.8 Å². The van der Waals surface area contributed by atoms with E-state index in [2.05, 4.69) is 29.3 Å². The lowest BCUT2D eigenvalue weighted by Gasteiger charge is -2.32. The Balaban J connectivity index is 1.84. The molecular formula is C19H30N4O2. The summed E-state index contributed by atoms with van der Waals surface area (Å²) in [5.41, 5.74) is 7.79. The van der Waals surface area contributed by atoms with Gasteiger partial charge >= 0.3 is 0 Å². The molecule has 2 amide bonds. The minimum absolute atomic E-state index is 0.0465. The van der Waals surface area contributed by atoms with Gasteiger partial charge in [-0.2, -0.15) is 0 Å². The highest BCUT2D eigenvalue weighted by Crippen LogP contribution is 2.17. The van der Waals surface area contributed by atoms with Crippen molar-refractivity contribution in [1.29, 1.82) is 0 Å². The predicted molar refractivity (Wildman–Crippen MR) is 98.9 cm³/mol. The highest BCUT2D eigenvalue weighted by molar-refractivity contribution is 5.80. The van der Waals surface area contributed by atoms with E-state index in [4.69, 9.17) is 5.73 Å². The minimum Gasteiger partial charge on any atom is -0.355 e. The first-order chi connectivity index (χ1) is 12.0. The quantitative estimate of drug-likeness (QED) is 0.763. The number of likely N-dealkylation sites (tertiary alicyclic amines) is 1. The van der Waals surface area contributed by atoms with E-state index < -0.39 is 0 Å². The van der Waals surface area contributed by atoms with Crippen LogP contribution in [0.15, 0.2) is 24.3 Å². The van der Waals surface area contributed by atoms with E-state index in [1.807, 2.05) is 19.2 Å². The van der Waals surface area contributed by atoms with Crippen LogP contribution in [0.4, 0.5) is 0 Å². The van der Waals surface area contributed by atoms with Crippen LogP contribution >= 0.6 is 0 Å². The van der Waals surface area contributed by atoms with Crippen molar-refractivity contribution < 1.29 is 9.59 Å². The number of hydrogen-bond acceptors (Lipinski definition) is 4. The third kappa shape index (κ3) is 5.83. The fourth-order valence-corrected chi connectivity index (χ4v) is 3.20. The number of hydrogen-bond donors (Lipinski definition) is 2. The van der Waals surface area contributed by atoms with E-state index in [-0.39, 0.29) is 17.7 Å². The number of nitrogens with two attached hydrogens (primary N) is 1. The molecule has 0 aromatic heterocycles. The molecule has 0 aliphatic carbocycles. The number of carbonyl (C=O) groups excluding carboxylic acids is 2. The largest absolute Gasteiger partial charge is 0.355 e. The number of benzene rings is 1. The molecule has 138 valence electrons. The number of amides is 2. The van der Waals surface area contributed by atoms with E-state index in [1.54, 1.807) is 4.90 Å². The summed E-state index contributed by atoms with van der Waals surface area (Å²) in [5, 5.41) is 2.85. The molecule has 1 unspecified atom stereocenters. The molecule has 0 saturated carbocycles. The molecule has 1 aliphatic rings.